The van der Waals surface area contributed by atoms with Crippen molar-refractivity contribution >= 4 is 5.91 Å². The average Bonchev–Trinajstić information content (AvgIpc) is 1.94. The van der Waals surface area contributed by atoms with Crippen LogP contribution in [0.3, 0.4) is 0 Å². The van der Waals surface area contributed by atoms with Crippen LogP contribution in [0.4, 0.5) is 0 Å². The van der Waals surface area contributed by atoms with Crippen LogP contribution in [0.15, 0.2) is 17.3 Å². The van der Waals surface area contributed by atoms with Gasteiger partial charge in [0.05, 0.1) is 6.33 Å². The van der Waals surface area contributed by atoms with Gasteiger partial charge in [-0.15, -0.1) is 0 Å². The first kappa shape index (κ1) is 7.46. The number of aromatic nitrogens is 2. The fraction of sp³-hybridized carbons (Fsp3) is 0.167. The lowest BCUT2D eigenvalue weighted by atomic mass is 10.3. The normalized spacial score (nSPS) is 9.55. The van der Waals surface area contributed by atoms with E-state index in [0.717, 1.165) is 6.20 Å². The van der Waals surface area contributed by atoms with Gasteiger partial charge in [0.1, 0.15) is 5.56 Å². The molecule has 0 aliphatic carbocycles. The third kappa shape index (κ3) is 1.26. The summed E-state index contributed by atoms with van der Waals surface area (Å²) in [5.74, 6) is -0.751. The van der Waals surface area contributed by atoms with E-state index in [1.165, 1.54) is 17.9 Å². The van der Waals surface area contributed by atoms with Crippen molar-refractivity contribution in [3.05, 3.63) is 28.4 Å². The fourth-order valence-electron chi connectivity index (χ4n) is 0.675. The molecule has 0 radical (unpaired) electrons. The molecule has 1 amide bonds. The SMILES string of the molecule is Cn1cncc(C(N)=O)c1=O. The summed E-state index contributed by atoms with van der Waals surface area (Å²) in [4.78, 5) is 25.2. The summed E-state index contributed by atoms with van der Waals surface area (Å²) >= 11 is 0. The number of nitrogens with two attached hydrogens (primary N) is 1. The van der Waals surface area contributed by atoms with E-state index in [2.05, 4.69) is 4.98 Å². The summed E-state index contributed by atoms with van der Waals surface area (Å²) in [7, 11) is 1.50. The van der Waals surface area contributed by atoms with Gasteiger partial charge in [-0.2, -0.15) is 0 Å². The summed E-state index contributed by atoms with van der Waals surface area (Å²) in [6.45, 7) is 0. The van der Waals surface area contributed by atoms with Crippen LogP contribution in [-0.4, -0.2) is 15.5 Å². The lowest BCUT2D eigenvalue weighted by molar-refractivity contribution is 0.0998. The minimum atomic E-state index is -0.751. The lowest BCUT2D eigenvalue weighted by Crippen LogP contribution is -2.28. The van der Waals surface area contributed by atoms with Crippen LogP contribution in [0.2, 0.25) is 0 Å². The number of aryl methyl sites for hydroxylation is 1. The van der Waals surface area contributed by atoms with Gasteiger partial charge in [-0.1, -0.05) is 0 Å². The molecule has 1 aromatic rings. The Balaban J connectivity index is 3.40. The van der Waals surface area contributed by atoms with Gasteiger partial charge >= 0.3 is 0 Å². The maximum atomic E-state index is 11.0. The van der Waals surface area contributed by atoms with Gasteiger partial charge in [0.2, 0.25) is 0 Å². The Bertz CT molecular complexity index is 342. The number of primary amides is 1. The molecule has 58 valence electrons. The molecule has 0 atom stereocenters. The number of amides is 1. The molecule has 1 rings (SSSR count). The van der Waals surface area contributed by atoms with E-state index < -0.39 is 11.5 Å². The van der Waals surface area contributed by atoms with Crippen LogP contribution in [0, 0.1) is 0 Å². The number of nitrogens with zero attached hydrogens (tertiary/aromatic N) is 2. The second-order valence-electron chi connectivity index (χ2n) is 2.09. The highest BCUT2D eigenvalue weighted by atomic mass is 16.2. The van der Waals surface area contributed by atoms with Gasteiger partial charge in [-0.25, -0.2) is 4.98 Å². The first-order valence-corrected chi connectivity index (χ1v) is 2.93. The highest BCUT2D eigenvalue weighted by molar-refractivity contribution is 5.91. The summed E-state index contributed by atoms with van der Waals surface area (Å²) in [5, 5.41) is 0. The maximum Gasteiger partial charge on any atom is 0.265 e. The predicted octanol–water partition coefficient (Wildman–Crippen LogP) is -1.12. The maximum absolute atomic E-state index is 11.0. The van der Waals surface area contributed by atoms with Crippen LogP contribution >= 0.6 is 0 Å². The quantitative estimate of drug-likeness (QED) is 0.555. The fourth-order valence-corrected chi connectivity index (χ4v) is 0.675. The Morgan fingerprint density at radius 2 is 2.36 bits per heavy atom. The molecule has 5 heteroatoms. The van der Waals surface area contributed by atoms with E-state index in [9.17, 15) is 9.59 Å². The largest absolute Gasteiger partial charge is 0.365 e. The van der Waals surface area contributed by atoms with E-state index in [0.29, 0.717) is 0 Å². The van der Waals surface area contributed by atoms with Crippen molar-refractivity contribution in [2.45, 2.75) is 0 Å². The van der Waals surface area contributed by atoms with Gasteiger partial charge in [-0.3, -0.25) is 9.59 Å². The molecule has 0 saturated carbocycles. The lowest BCUT2D eigenvalue weighted by Gasteiger charge is -1.96. The molecule has 0 fully saturated rings. The highest BCUT2D eigenvalue weighted by Gasteiger charge is 2.05. The second-order valence-corrected chi connectivity index (χ2v) is 2.09. The molecule has 1 aromatic heterocycles. The van der Waals surface area contributed by atoms with E-state index in [-0.39, 0.29) is 5.56 Å². The van der Waals surface area contributed by atoms with Gasteiger partial charge in [0.15, 0.2) is 0 Å². The number of hydrogen-bond acceptors (Lipinski definition) is 3. The van der Waals surface area contributed by atoms with Crippen molar-refractivity contribution in [1.29, 1.82) is 0 Å². The van der Waals surface area contributed by atoms with Crippen LogP contribution < -0.4 is 11.3 Å². The Hall–Kier alpha value is -1.65. The van der Waals surface area contributed by atoms with Crippen LogP contribution in [0.5, 0.6) is 0 Å². The first-order valence-electron chi connectivity index (χ1n) is 2.93. The molecule has 0 bridgehead atoms. The zero-order chi connectivity index (χ0) is 8.43. The molecule has 0 saturated heterocycles. The van der Waals surface area contributed by atoms with E-state index in [1.54, 1.807) is 0 Å². The molecule has 2 N–H and O–H groups in total. The van der Waals surface area contributed by atoms with Gasteiger partial charge in [0.25, 0.3) is 11.5 Å². The molecule has 11 heavy (non-hydrogen) atoms. The van der Waals surface area contributed by atoms with E-state index in [4.69, 9.17) is 5.73 Å². The molecule has 0 aliphatic rings. The molecule has 1 heterocycles. The number of rotatable bonds is 1. The van der Waals surface area contributed by atoms with Gasteiger partial charge in [0, 0.05) is 13.2 Å². The Morgan fingerprint density at radius 3 is 2.82 bits per heavy atom. The molecule has 0 spiro atoms. The highest BCUT2D eigenvalue weighted by Crippen LogP contribution is 1.83. The van der Waals surface area contributed by atoms with Crippen molar-refractivity contribution in [3.63, 3.8) is 0 Å². The van der Waals surface area contributed by atoms with Crippen molar-refractivity contribution in [2.24, 2.45) is 12.8 Å². The summed E-state index contributed by atoms with van der Waals surface area (Å²) < 4.78 is 1.19. The van der Waals surface area contributed by atoms with Gasteiger partial charge in [-0.05, 0) is 0 Å². The van der Waals surface area contributed by atoms with Crippen molar-refractivity contribution in [3.8, 4) is 0 Å². The Morgan fingerprint density at radius 1 is 1.73 bits per heavy atom. The zero-order valence-electron chi connectivity index (χ0n) is 5.94. The monoisotopic (exact) mass is 153 g/mol. The van der Waals surface area contributed by atoms with Crippen LogP contribution in [-0.2, 0) is 7.05 Å². The standard InChI is InChI=1S/C6H7N3O2/c1-9-3-8-2-4(5(7)10)6(9)11/h2-3H,1H3,(H2,7,10). The average molecular weight is 153 g/mol. The topological polar surface area (TPSA) is 78.0 Å². The van der Waals surface area contributed by atoms with Gasteiger partial charge < -0.3 is 10.3 Å². The molecule has 0 unspecified atom stereocenters. The summed E-state index contributed by atoms with van der Waals surface area (Å²) in [6, 6.07) is 0. The van der Waals surface area contributed by atoms with Crippen molar-refractivity contribution in [2.75, 3.05) is 0 Å². The summed E-state index contributed by atoms with van der Waals surface area (Å²) in [5.41, 5.74) is 4.38. The Kier molecular flexibility index (Phi) is 1.72. The minimum Gasteiger partial charge on any atom is -0.365 e. The number of carbonyl (C=O) groups excluding carboxylic acids is 1. The predicted molar refractivity (Wildman–Crippen MR) is 38.0 cm³/mol. The molecular formula is C6H7N3O2. The van der Waals surface area contributed by atoms with E-state index >= 15 is 0 Å². The molecular weight excluding hydrogens is 146 g/mol. The molecule has 0 aliphatic heterocycles. The van der Waals surface area contributed by atoms with E-state index in [1.807, 2.05) is 0 Å². The second kappa shape index (κ2) is 2.53. The Labute approximate surface area is 62.5 Å². The number of carbonyl (C=O) groups is 1. The summed E-state index contributed by atoms with van der Waals surface area (Å²) in [6.07, 6.45) is 2.47. The van der Waals surface area contributed by atoms with Crippen LogP contribution in [0.1, 0.15) is 10.4 Å². The molecule has 0 aromatic carbocycles. The van der Waals surface area contributed by atoms with Crippen molar-refractivity contribution < 1.29 is 4.79 Å². The smallest absolute Gasteiger partial charge is 0.265 e. The third-order valence-corrected chi connectivity index (χ3v) is 1.26. The number of hydrogen-bond donors (Lipinski definition) is 1. The first-order chi connectivity index (χ1) is 5.13. The van der Waals surface area contributed by atoms with Crippen molar-refractivity contribution in [1.82, 2.24) is 9.55 Å². The molecule has 5 nitrogen and oxygen atoms in total. The third-order valence-electron chi connectivity index (χ3n) is 1.26. The zero-order valence-corrected chi connectivity index (χ0v) is 5.94. The minimum absolute atomic E-state index is 0.0880. The van der Waals surface area contributed by atoms with Crippen LogP contribution in [0.25, 0.3) is 0 Å².